The van der Waals surface area contributed by atoms with E-state index in [9.17, 15) is 9.90 Å². The van der Waals surface area contributed by atoms with Gasteiger partial charge in [-0.2, -0.15) is 0 Å². The van der Waals surface area contributed by atoms with Gasteiger partial charge in [-0.1, -0.05) is 32.9 Å². The molecule has 0 fully saturated rings. The van der Waals surface area contributed by atoms with Crippen molar-refractivity contribution in [3.8, 4) is 5.75 Å². The molecule has 0 saturated carbocycles. The van der Waals surface area contributed by atoms with Crippen LogP contribution < -0.4 is 0 Å². The number of phenolic OH excluding ortho intramolecular Hbond substituents is 1. The second-order valence-electron chi connectivity index (χ2n) is 6.30. The monoisotopic (exact) mass is 293 g/mol. The van der Waals surface area contributed by atoms with Crippen molar-refractivity contribution in [1.29, 1.82) is 0 Å². The Bertz CT molecular complexity index is 477. The van der Waals surface area contributed by atoms with Gasteiger partial charge in [0.2, 0.25) is 5.91 Å². The van der Waals surface area contributed by atoms with E-state index in [0.717, 1.165) is 11.1 Å². The molecule has 0 aliphatic carbocycles. The van der Waals surface area contributed by atoms with Crippen LogP contribution in [0.2, 0.25) is 0 Å². The number of nitrogens with zero attached hydrogens (tertiary/aromatic N) is 1. The van der Waals surface area contributed by atoms with Gasteiger partial charge in [-0.15, -0.1) is 0 Å². The van der Waals surface area contributed by atoms with Crippen molar-refractivity contribution in [1.82, 2.24) is 4.90 Å². The second kappa shape index (κ2) is 7.46. The van der Waals surface area contributed by atoms with Crippen LogP contribution in [0.15, 0.2) is 18.2 Å². The highest BCUT2D eigenvalue weighted by Gasteiger charge is 2.19. The lowest BCUT2D eigenvalue weighted by atomic mass is 9.85. The first-order valence-corrected chi connectivity index (χ1v) is 7.50. The zero-order valence-electron chi connectivity index (χ0n) is 13.5. The number of benzene rings is 1. The lowest BCUT2D eigenvalue weighted by molar-refractivity contribution is -0.131. The van der Waals surface area contributed by atoms with Crippen LogP contribution in [0.4, 0.5) is 0 Å². The van der Waals surface area contributed by atoms with Crippen LogP contribution in [0.3, 0.4) is 0 Å². The minimum Gasteiger partial charge on any atom is -0.508 e. The molecule has 0 aromatic heterocycles. The number of hydrogen-bond acceptors (Lipinski definition) is 3. The van der Waals surface area contributed by atoms with Crippen molar-refractivity contribution in [2.75, 3.05) is 19.7 Å². The first-order valence-electron chi connectivity index (χ1n) is 7.50. The summed E-state index contributed by atoms with van der Waals surface area (Å²) in [7, 11) is 0. The summed E-state index contributed by atoms with van der Waals surface area (Å²) in [6.07, 6.45) is 1.06. The standard InChI is InChI=1S/C17H27NO3/c1-5-18(10-11-19)16(21)9-7-13-6-8-15(20)14(12-13)17(2,3)4/h6,8,12,19-20H,5,7,9-11H2,1-4H3. The molecule has 4 heteroatoms. The summed E-state index contributed by atoms with van der Waals surface area (Å²) in [6.45, 7) is 9.06. The molecule has 0 radical (unpaired) electrons. The zero-order chi connectivity index (χ0) is 16.0. The number of likely N-dealkylation sites (N-methyl/N-ethyl adjacent to an activating group) is 1. The Morgan fingerprint density at radius 1 is 1.29 bits per heavy atom. The second-order valence-corrected chi connectivity index (χ2v) is 6.30. The fourth-order valence-corrected chi connectivity index (χ4v) is 2.33. The number of hydrogen-bond donors (Lipinski definition) is 2. The number of rotatable bonds is 6. The van der Waals surface area contributed by atoms with Crippen molar-refractivity contribution < 1.29 is 15.0 Å². The van der Waals surface area contributed by atoms with Gasteiger partial charge in [0.1, 0.15) is 5.75 Å². The summed E-state index contributed by atoms with van der Waals surface area (Å²) in [6, 6.07) is 5.54. The molecule has 0 atom stereocenters. The van der Waals surface area contributed by atoms with E-state index in [1.807, 2.05) is 19.1 Å². The fraction of sp³-hybridized carbons (Fsp3) is 0.588. The highest BCUT2D eigenvalue weighted by molar-refractivity contribution is 5.76. The van der Waals surface area contributed by atoms with E-state index in [-0.39, 0.29) is 17.9 Å². The van der Waals surface area contributed by atoms with Gasteiger partial charge < -0.3 is 15.1 Å². The predicted molar refractivity (Wildman–Crippen MR) is 84.5 cm³/mol. The first kappa shape index (κ1) is 17.5. The summed E-state index contributed by atoms with van der Waals surface area (Å²) in [5, 5.41) is 18.9. The number of aromatic hydroxyl groups is 1. The smallest absolute Gasteiger partial charge is 0.222 e. The van der Waals surface area contributed by atoms with Gasteiger partial charge >= 0.3 is 0 Å². The molecule has 0 heterocycles. The van der Waals surface area contributed by atoms with E-state index < -0.39 is 0 Å². The van der Waals surface area contributed by atoms with Gasteiger partial charge in [0.15, 0.2) is 0 Å². The molecule has 0 aliphatic heterocycles. The molecule has 1 amide bonds. The van der Waals surface area contributed by atoms with E-state index in [2.05, 4.69) is 20.8 Å². The summed E-state index contributed by atoms with van der Waals surface area (Å²) < 4.78 is 0. The Morgan fingerprint density at radius 3 is 2.48 bits per heavy atom. The van der Waals surface area contributed by atoms with Crippen molar-refractivity contribution in [2.24, 2.45) is 0 Å². The van der Waals surface area contributed by atoms with E-state index in [1.54, 1.807) is 11.0 Å². The third-order valence-electron chi connectivity index (χ3n) is 3.60. The highest BCUT2D eigenvalue weighted by Crippen LogP contribution is 2.31. The molecule has 0 spiro atoms. The SMILES string of the molecule is CCN(CCO)C(=O)CCc1ccc(O)c(C(C)(C)C)c1. The zero-order valence-corrected chi connectivity index (χ0v) is 13.5. The fourth-order valence-electron chi connectivity index (χ4n) is 2.33. The molecule has 1 aromatic rings. The van der Waals surface area contributed by atoms with Gasteiger partial charge in [-0.3, -0.25) is 4.79 Å². The van der Waals surface area contributed by atoms with Crippen molar-refractivity contribution >= 4 is 5.91 Å². The Morgan fingerprint density at radius 2 is 1.95 bits per heavy atom. The number of phenols is 1. The minimum absolute atomic E-state index is 0.00698. The van der Waals surface area contributed by atoms with Crippen molar-refractivity contribution in [2.45, 2.75) is 46.0 Å². The maximum atomic E-state index is 12.1. The summed E-state index contributed by atoms with van der Waals surface area (Å²) >= 11 is 0. The molecular weight excluding hydrogens is 266 g/mol. The topological polar surface area (TPSA) is 60.8 Å². The van der Waals surface area contributed by atoms with Gasteiger partial charge in [0.25, 0.3) is 0 Å². The summed E-state index contributed by atoms with van der Waals surface area (Å²) in [4.78, 5) is 13.7. The van der Waals surface area contributed by atoms with Crippen LogP contribution >= 0.6 is 0 Å². The van der Waals surface area contributed by atoms with E-state index in [0.29, 0.717) is 31.7 Å². The van der Waals surface area contributed by atoms with Crippen LogP contribution in [0, 0.1) is 0 Å². The van der Waals surface area contributed by atoms with Crippen LogP contribution in [0.25, 0.3) is 0 Å². The number of carbonyl (C=O) groups is 1. The Kier molecular flexibility index (Phi) is 6.21. The highest BCUT2D eigenvalue weighted by atomic mass is 16.3. The summed E-state index contributed by atoms with van der Waals surface area (Å²) in [5.41, 5.74) is 1.82. The van der Waals surface area contributed by atoms with Crippen LogP contribution in [-0.4, -0.2) is 40.7 Å². The predicted octanol–water partition coefficient (Wildman–Crippen LogP) is 2.46. The van der Waals surface area contributed by atoms with Crippen LogP contribution in [0.1, 0.15) is 45.2 Å². The van der Waals surface area contributed by atoms with Gasteiger partial charge in [-0.25, -0.2) is 0 Å². The molecule has 1 rings (SSSR count). The molecule has 0 saturated heterocycles. The van der Waals surface area contributed by atoms with E-state index >= 15 is 0 Å². The molecule has 0 bridgehead atoms. The molecule has 2 N–H and O–H groups in total. The maximum Gasteiger partial charge on any atom is 0.222 e. The first-order chi connectivity index (χ1) is 9.79. The average Bonchev–Trinajstić information content (AvgIpc) is 2.42. The van der Waals surface area contributed by atoms with Gasteiger partial charge in [-0.05, 0) is 36.0 Å². The van der Waals surface area contributed by atoms with Crippen molar-refractivity contribution in [3.05, 3.63) is 29.3 Å². The third-order valence-corrected chi connectivity index (χ3v) is 3.60. The molecule has 4 nitrogen and oxygen atoms in total. The number of amides is 1. The Hall–Kier alpha value is -1.55. The van der Waals surface area contributed by atoms with E-state index in [1.165, 1.54) is 0 Å². The number of aryl methyl sites for hydroxylation is 1. The van der Waals surface area contributed by atoms with Crippen LogP contribution in [0.5, 0.6) is 5.75 Å². The normalized spacial score (nSPS) is 11.5. The van der Waals surface area contributed by atoms with Gasteiger partial charge in [0, 0.05) is 19.5 Å². The van der Waals surface area contributed by atoms with Crippen LogP contribution in [-0.2, 0) is 16.6 Å². The van der Waals surface area contributed by atoms with Crippen molar-refractivity contribution in [3.63, 3.8) is 0 Å². The third kappa shape index (κ3) is 5.05. The largest absolute Gasteiger partial charge is 0.508 e. The number of aliphatic hydroxyl groups is 1. The lowest BCUT2D eigenvalue weighted by Crippen LogP contribution is -2.33. The molecule has 118 valence electrons. The molecular formula is C17H27NO3. The molecule has 1 aromatic carbocycles. The van der Waals surface area contributed by atoms with Gasteiger partial charge in [0.05, 0.1) is 6.61 Å². The minimum atomic E-state index is -0.129. The molecule has 0 aliphatic rings. The number of carbonyl (C=O) groups excluding carboxylic acids is 1. The lowest BCUT2D eigenvalue weighted by Gasteiger charge is -2.22. The average molecular weight is 293 g/mol. The van der Waals surface area contributed by atoms with E-state index in [4.69, 9.17) is 5.11 Å². The number of aliphatic hydroxyl groups excluding tert-OH is 1. The maximum absolute atomic E-state index is 12.1. The summed E-state index contributed by atoms with van der Waals surface area (Å²) in [5.74, 6) is 0.352. The quantitative estimate of drug-likeness (QED) is 0.847. The Labute approximate surface area is 127 Å². The molecule has 0 unspecified atom stereocenters. The molecule has 21 heavy (non-hydrogen) atoms. The Balaban J connectivity index is 2.74.